The average Bonchev–Trinajstić information content (AvgIpc) is 2.95. The molecule has 0 fully saturated rings. The maximum absolute atomic E-state index is 13.7. The van der Waals surface area contributed by atoms with Crippen molar-refractivity contribution < 1.29 is 28.6 Å². The van der Waals surface area contributed by atoms with Crippen molar-refractivity contribution in [3.05, 3.63) is 107 Å². The summed E-state index contributed by atoms with van der Waals surface area (Å²) in [5.74, 6) is -1.14. The molecule has 0 saturated heterocycles. The number of hydrogen-bond donors (Lipinski definition) is 0. The molecular formula is C33H31NO6. The van der Waals surface area contributed by atoms with Gasteiger partial charge < -0.3 is 14.2 Å². The van der Waals surface area contributed by atoms with Crippen molar-refractivity contribution in [2.24, 2.45) is 10.9 Å². The molecule has 1 aliphatic carbocycles. The van der Waals surface area contributed by atoms with Gasteiger partial charge in [0.1, 0.15) is 30.6 Å². The Labute approximate surface area is 233 Å². The van der Waals surface area contributed by atoms with Crippen LogP contribution in [0.2, 0.25) is 0 Å². The van der Waals surface area contributed by atoms with Crippen molar-refractivity contribution in [2.75, 3.05) is 13.2 Å². The third-order valence-electron chi connectivity index (χ3n) is 7.25. The van der Waals surface area contributed by atoms with Gasteiger partial charge in [-0.1, -0.05) is 60.7 Å². The summed E-state index contributed by atoms with van der Waals surface area (Å²) in [7, 11) is 0. The van der Waals surface area contributed by atoms with E-state index in [1.54, 1.807) is 24.3 Å². The number of para-hydroxylation sites is 1. The van der Waals surface area contributed by atoms with Crippen LogP contribution in [0.1, 0.15) is 49.7 Å². The zero-order chi connectivity index (χ0) is 28.1. The molecular weight excluding hydrogens is 506 g/mol. The molecule has 204 valence electrons. The van der Waals surface area contributed by atoms with Crippen molar-refractivity contribution in [1.82, 2.24) is 0 Å². The molecule has 3 aromatic rings. The summed E-state index contributed by atoms with van der Waals surface area (Å²) < 4.78 is 16.5. The van der Waals surface area contributed by atoms with Crippen LogP contribution in [0.4, 0.5) is 0 Å². The highest BCUT2D eigenvalue weighted by atomic mass is 16.6. The van der Waals surface area contributed by atoms with Gasteiger partial charge in [-0.2, -0.15) is 0 Å². The van der Waals surface area contributed by atoms with Gasteiger partial charge in [0.05, 0.1) is 0 Å². The standard InChI is InChI=1S/C33H31NO6/c1-21-30(33(37)39-18-17-38-26-11-7-4-8-12-26)31(24-13-15-27(16-14-24)40-22(2)35)32-28(34-21)19-25(20-29(32)36)23-9-5-3-6-10-23/h3-16,25,30-31H,17-20H2,1-2H3/t25-,30?,31+/m1/s1. The fourth-order valence-electron chi connectivity index (χ4n) is 5.50. The molecule has 1 heterocycles. The molecule has 1 aliphatic heterocycles. The van der Waals surface area contributed by atoms with Crippen LogP contribution >= 0.6 is 0 Å². The Morgan fingerprint density at radius 1 is 0.825 bits per heavy atom. The molecule has 0 bridgehead atoms. The number of carbonyl (C=O) groups excluding carboxylic acids is 3. The third kappa shape index (κ3) is 6.04. The second kappa shape index (κ2) is 12.1. The van der Waals surface area contributed by atoms with Crippen molar-refractivity contribution in [3.63, 3.8) is 0 Å². The predicted molar refractivity (Wildman–Crippen MR) is 150 cm³/mol. The van der Waals surface area contributed by atoms with Crippen LogP contribution in [0, 0.1) is 5.92 Å². The van der Waals surface area contributed by atoms with E-state index in [9.17, 15) is 14.4 Å². The van der Waals surface area contributed by atoms with E-state index in [1.807, 2.05) is 67.6 Å². The quantitative estimate of drug-likeness (QED) is 0.205. The lowest BCUT2D eigenvalue weighted by molar-refractivity contribution is -0.147. The molecule has 0 radical (unpaired) electrons. The molecule has 0 aromatic heterocycles. The second-order valence-corrected chi connectivity index (χ2v) is 10.00. The molecule has 0 amide bonds. The van der Waals surface area contributed by atoms with Crippen LogP contribution in [0.25, 0.3) is 0 Å². The van der Waals surface area contributed by atoms with Gasteiger partial charge in [0.2, 0.25) is 0 Å². The summed E-state index contributed by atoms with van der Waals surface area (Å²) in [5.41, 5.74) is 3.72. The Balaban J connectivity index is 1.42. The van der Waals surface area contributed by atoms with Gasteiger partial charge in [0, 0.05) is 36.2 Å². The summed E-state index contributed by atoms with van der Waals surface area (Å²) in [6, 6.07) is 26.2. The fraction of sp³-hybridized carbons (Fsp3) is 0.273. The van der Waals surface area contributed by atoms with Crippen molar-refractivity contribution in [1.29, 1.82) is 0 Å². The molecule has 7 heteroatoms. The summed E-state index contributed by atoms with van der Waals surface area (Å²) in [5, 5.41) is 0. The van der Waals surface area contributed by atoms with Gasteiger partial charge >= 0.3 is 11.9 Å². The van der Waals surface area contributed by atoms with Gasteiger partial charge in [-0.05, 0) is 54.7 Å². The molecule has 1 unspecified atom stereocenters. The van der Waals surface area contributed by atoms with Crippen molar-refractivity contribution >= 4 is 23.4 Å². The molecule has 0 spiro atoms. The van der Waals surface area contributed by atoms with Gasteiger partial charge in [-0.25, -0.2) is 0 Å². The van der Waals surface area contributed by atoms with E-state index in [-0.39, 0.29) is 24.9 Å². The average molecular weight is 538 g/mol. The lowest BCUT2D eigenvalue weighted by atomic mass is 9.69. The smallest absolute Gasteiger partial charge is 0.315 e. The summed E-state index contributed by atoms with van der Waals surface area (Å²) in [6.07, 6.45) is 0.948. The van der Waals surface area contributed by atoms with Crippen LogP contribution in [0.3, 0.4) is 0 Å². The minimum atomic E-state index is -0.771. The highest BCUT2D eigenvalue weighted by Gasteiger charge is 2.44. The van der Waals surface area contributed by atoms with Crippen LogP contribution < -0.4 is 9.47 Å². The SMILES string of the molecule is CC(=O)Oc1ccc([C@@H]2C3=C(C[C@@H](c4ccccc4)CC3=O)N=C(C)C2C(=O)OCCOc2ccccc2)cc1. The van der Waals surface area contributed by atoms with Gasteiger partial charge in [0.15, 0.2) is 5.78 Å². The Kier molecular flexibility index (Phi) is 8.20. The van der Waals surface area contributed by atoms with E-state index in [0.717, 1.165) is 11.1 Å². The van der Waals surface area contributed by atoms with E-state index >= 15 is 0 Å². The molecule has 40 heavy (non-hydrogen) atoms. The van der Waals surface area contributed by atoms with Gasteiger partial charge in [-0.15, -0.1) is 0 Å². The number of nitrogens with zero attached hydrogens (tertiary/aromatic N) is 1. The number of hydrogen-bond acceptors (Lipinski definition) is 7. The number of aliphatic imine (C=N–C) groups is 1. The van der Waals surface area contributed by atoms with Crippen LogP contribution in [0.5, 0.6) is 11.5 Å². The van der Waals surface area contributed by atoms with E-state index in [0.29, 0.717) is 41.3 Å². The minimum absolute atomic E-state index is 0.0226. The number of Topliss-reactive ketones (excluding diaryl/α,β-unsaturated/α-hetero) is 1. The van der Waals surface area contributed by atoms with Crippen LogP contribution in [-0.2, 0) is 19.1 Å². The first kappa shape index (κ1) is 27.1. The number of carbonyl (C=O) groups is 3. The molecule has 2 aliphatic rings. The third-order valence-corrected chi connectivity index (χ3v) is 7.25. The lowest BCUT2D eigenvalue weighted by Crippen LogP contribution is -2.38. The van der Waals surface area contributed by atoms with E-state index < -0.39 is 23.8 Å². The highest BCUT2D eigenvalue weighted by molar-refractivity contribution is 6.09. The predicted octanol–water partition coefficient (Wildman–Crippen LogP) is 5.81. The molecule has 3 atom stereocenters. The van der Waals surface area contributed by atoms with Crippen LogP contribution in [0.15, 0.2) is 101 Å². The molecule has 0 N–H and O–H groups in total. The number of benzene rings is 3. The van der Waals surface area contributed by atoms with Crippen molar-refractivity contribution in [2.45, 2.75) is 38.5 Å². The monoisotopic (exact) mass is 537 g/mol. The Hall–Kier alpha value is -4.52. The number of esters is 2. The maximum atomic E-state index is 13.7. The lowest BCUT2D eigenvalue weighted by Gasteiger charge is -2.36. The first-order valence-corrected chi connectivity index (χ1v) is 13.4. The van der Waals surface area contributed by atoms with Gasteiger partial charge in [0.25, 0.3) is 0 Å². The Morgan fingerprint density at radius 2 is 1.50 bits per heavy atom. The second-order valence-electron chi connectivity index (χ2n) is 10.00. The minimum Gasteiger partial charge on any atom is -0.490 e. The maximum Gasteiger partial charge on any atom is 0.315 e. The first-order valence-electron chi connectivity index (χ1n) is 13.4. The first-order chi connectivity index (χ1) is 19.4. The number of ketones is 1. The fourth-order valence-corrected chi connectivity index (χ4v) is 5.50. The number of rotatable bonds is 8. The highest BCUT2D eigenvalue weighted by Crippen LogP contribution is 2.47. The summed E-state index contributed by atoms with van der Waals surface area (Å²) in [4.78, 5) is 43.5. The Bertz CT molecular complexity index is 1440. The summed E-state index contributed by atoms with van der Waals surface area (Å²) in [6.45, 7) is 3.41. The molecule has 0 saturated carbocycles. The number of ether oxygens (including phenoxy) is 3. The number of allylic oxidation sites excluding steroid dienone is 2. The molecule has 3 aromatic carbocycles. The Morgan fingerprint density at radius 3 is 2.17 bits per heavy atom. The van der Waals surface area contributed by atoms with Crippen molar-refractivity contribution in [3.8, 4) is 11.5 Å². The van der Waals surface area contributed by atoms with E-state index in [4.69, 9.17) is 19.2 Å². The largest absolute Gasteiger partial charge is 0.490 e. The zero-order valence-corrected chi connectivity index (χ0v) is 22.5. The zero-order valence-electron chi connectivity index (χ0n) is 22.5. The normalized spacial score (nSPS) is 20.3. The van der Waals surface area contributed by atoms with E-state index in [1.165, 1.54) is 6.92 Å². The topological polar surface area (TPSA) is 91.3 Å². The van der Waals surface area contributed by atoms with Crippen LogP contribution in [-0.4, -0.2) is 36.6 Å². The molecule has 7 nitrogen and oxygen atoms in total. The van der Waals surface area contributed by atoms with E-state index in [2.05, 4.69) is 0 Å². The van der Waals surface area contributed by atoms with Gasteiger partial charge in [-0.3, -0.25) is 19.4 Å². The molecule has 5 rings (SSSR count). The summed E-state index contributed by atoms with van der Waals surface area (Å²) >= 11 is 0.